The predicted molar refractivity (Wildman–Crippen MR) is 88.9 cm³/mol. The van der Waals surface area contributed by atoms with Crippen LogP contribution in [0.5, 0.6) is 11.5 Å². The maximum absolute atomic E-state index is 12.0. The topological polar surface area (TPSA) is 60.4 Å². The van der Waals surface area contributed by atoms with Crippen molar-refractivity contribution < 1.29 is 19.0 Å². The molecule has 1 amide bonds. The lowest BCUT2D eigenvalue weighted by molar-refractivity contribution is -0.135. The number of hydrogen-bond acceptors (Lipinski definition) is 5. The zero-order valence-electron chi connectivity index (χ0n) is 13.7. The Morgan fingerprint density at radius 3 is 2.42 bits per heavy atom. The van der Waals surface area contributed by atoms with E-state index in [-0.39, 0.29) is 5.91 Å². The number of hydrazone groups is 1. The standard InChI is InChI=1S/C18H18N2O4/c1-12(21)20-18(14-9-10-15(22-2)16(11-14)23-3)24-17(19-20)13-7-5-4-6-8-13/h4-11,18H,1-3H3/t18-/m0/s1. The fourth-order valence-electron chi connectivity index (χ4n) is 2.49. The van der Waals surface area contributed by atoms with Gasteiger partial charge in [0.05, 0.1) is 14.2 Å². The van der Waals surface area contributed by atoms with Crippen LogP contribution in [0.2, 0.25) is 0 Å². The van der Waals surface area contributed by atoms with Crippen LogP contribution >= 0.6 is 0 Å². The van der Waals surface area contributed by atoms with Crippen molar-refractivity contribution >= 4 is 11.8 Å². The molecule has 2 aromatic rings. The lowest BCUT2D eigenvalue weighted by atomic mass is 10.1. The molecule has 0 fully saturated rings. The van der Waals surface area contributed by atoms with Gasteiger partial charge in [-0.2, -0.15) is 5.01 Å². The molecule has 0 aliphatic carbocycles. The van der Waals surface area contributed by atoms with Gasteiger partial charge < -0.3 is 14.2 Å². The van der Waals surface area contributed by atoms with Crippen molar-refractivity contribution in [2.24, 2.45) is 5.10 Å². The normalized spacial score (nSPS) is 16.4. The minimum atomic E-state index is -0.641. The summed E-state index contributed by atoms with van der Waals surface area (Å²) in [5.74, 6) is 1.37. The van der Waals surface area contributed by atoms with E-state index in [9.17, 15) is 4.79 Å². The largest absolute Gasteiger partial charge is 0.493 e. The Labute approximate surface area is 140 Å². The molecule has 1 atom stereocenters. The first kappa shape index (κ1) is 15.9. The first-order valence-corrected chi connectivity index (χ1v) is 7.46. The summed E-state index contributed by atoms with van der Waals surface area (Å²) in [5.41, 5.74) is 1.56. The fraction of sp³-hybridized carbons (Fsp3) is 0.222. The van der Waals surface area contributed by atoms with Crippen LogP contribution in [0.4, 0.5) is 0 Å². The van der Waals surface area contributed by atoms with Crippen molar-refractivity contribution in [1.29, 1.82) is 0 Å². The summed E-state index contributed by atoms with van der Waals surface area (Å²) in [4.78, 5) is 12.0. The zero-order valence-corrected chi connectivity index (χ0v) is 13.7. The van der Waals surface area contributed by atoms with Gasteiger partial charge in [0.2, 0.25) is 18.0 Å². The molecular formula is C18H18N2O4. The molecule has 0 radical (unpaired) electrons. The van der Waals surface area contributed by atoms with Crippen LogP contribution in [0.1, 0.15) is 24.3 Å². The average molecular weight is 326 g/mol. The number of methoxy groups -OCH3 is 2. The van der Waals surface area contributed by atoms with Crippen molar-refractivity contribution in [2.75, 3.05) is 14.2 Å². The van der Waals surface area contributed by atoms with Gasteiger partial charge in [-0.15, -0.1) is 5.10 Å². The van der Waals surface area contributed by atoms with Gasteiger partial charge in [-0.1, -0.05) is 18.2 Å². The molecule has 0 unspecified atom stereocenters. The van der Waals surface area contributed by atoms with Crippen molar-refractivity contribution in [2.45, 2.75) is 13.2 Å². The van der Waals surface area contributed by atoms with Gasteiger partial charge in [0.15, 0.2) is 11.5 Å². The summed E-state index contributed by atoms with van der Waals surface area (Å²) in [7, 11) is 3.13. The number of nitrogens with zero attached hydrogens (tertiary/aromatic N) is 2. The zero-order chi connectivity index (χ0) is 17.1. The Morgan fingerprint density at radius 2 is 1.79 bits per heavy atom. The lowest BCUT2D eigenvalue weighted by Gasteiger charge is -2.20. The van der Waals surface area contributed by atoms with Gasteiger partial charge in [-0.3, -0.25) is 4.79 Å². The molecule has 0 bridgehead atoms. The molecule has 2 aromatic carbocycles. The molecule has 0 saturated heterocycles. The molecule has 0 aromatic heterocycles. The van der Waals surface area contributed by atoms with Crippen LogP contribution in [0, 0.1) is 0 Å². The van der Waals surface area contributed by atoms with E-state index in [1.807, 2.05) is 36.4 Å². The van der Waals surface area contributed by atoms with Crippen molar-refractivity contribution in [3.8, 4) is 11.5 Å². The third-order valence-electron chi connectivity index (χ3n) is 3.68. The number of amides is 1. The number of rotatable bonds is 4. The highest BCUT2D eigenvalue weighted by molar-refractivity contribution is 5.96. The second kappa shape index (κ2) is 6.62. The second-order valence-electron chi connectivity index (χ2n) is 5.22. The summed E-state index contributed by atoms with van der Waals surface area (Å²) < 4.78 is 16.5. The van der Waals surface area contributed by atoms with Gasteiger partial charge in [0.1, 0.15) is 0 Å². The lowest BCUT2D eigenvalue weighted by Crippen LogP contribution is -2.25. The van der Waals surface area contributed by atoms with Gasteiger partial charge in [0.25, 0.3) is 0 Å². The third kappa shape index (κ3) is 2.90. The molecule has 1 aliphatic rings. The number of hydrogen-bond donors (Lipinski definition) is 0. The van der Waals surface area contributed by atoms with E-state index < -0.39 is 6.23 Å². The molecule has 0 N–H and O–H groups in total. The van der Waals surface area contributed by atoms with E-state index in [1.165, 1.54) is 11.9 Å². The molecule has 0 spiro atoms. The average Bonchev–Trinajstić information content (AvgIpc) is 3.07. The van der Waals surface area contributed by atoms with Crippen molar-refractivity contribution in [1.82, 2.24) is 5.01 Å². The van der Waals surface area contributed by atoms with E-state index in [4.69, 9.17) is 14.2 Å². The highest BCUT2D eigenvalue weighted by Crippen LogP contribution is 2.35. The minimum absolute atomic E-state index is 0.208. The molecule has 1 heterocycles. The molecule has 6 heteroatoms. The second-order valence-corrected chi connectivity index (χ2v) is 5.22. The maximum Gasteiger partial charge on any atom is 0.243 e. The molecular weight excluding hydrogens is 308 g/mol. The Bertz CT molecular complexity index is 774. The quantitative estimate of drug-likeness (QED) is 0.867. The predicted octanol–water partition coefficient (Wildman–Crippen LogP) is 2.94. The summed E-state index contributed by atoms with van der Waals surface area (Å²) in [6.45, 7) is 1.45. The number of carbonyl (C=O) groups excluding carboxylic acids is 1. The highest BCUT2D eigenvalue weighted by atomic mass is 16.5. The van der Waals surface area contributed by atoms with Gasteiger partial charge >= 0.3 is 0 Å². The van der Waals surface area contributed by atoms with E-state index in [0.717, 1.165) is 11.1 Å². The summed E-state index contributed by atoms with van der Waals surface area (Å²) >= 11 is 0. The number of carbonyl (C=O) groups is 1. The van der Waals surface area contributed by atoms with E-state index in [1.54, 1.807) is 26.4 Å². The first-order valence-electron chi connectivity index (χ1n) is 7.46. The smallest absolute Gasteiger partial charge is 0.243 e. The van der Waals surface area contributed by atoms with E-state index >= 15 is 0 Å². The molecule has 3 rings (SSSR count). The van der Waals surface area contributed by atoms with Crippen molar-refractivity contribution in [3.63, 3.8) is 0 Å². The van der Waals surface area contributed by atoms with Gasteiger partial charge in [-0.25, -0.2) is 0 Å². The fourth-order valence-corrected chi connectivity index (χ4v) is 2.49. The molecule has 6 nitrogen and oxygen atoms in total. The molecule has 124 valence electrons. The number of ether oxygens (including phenoxy) is 3. The minimum Gasteiger partial charge on any atom is -0.493 e. The van der Waals surface area contributed by atoms with Crippen LogP contribution in [0.3, 0.4) is 0 Å². The van der Waals surface area contributed by atoms with Crippen LogP contribution in [-0.2, 0) is 9.53 Å². The summed E-state index contributed by atoms with van der Waals surface area (Å²) in [6, 6.07) is 14.8. The van der Waals surface area contributed by atoms with Crippen LogP contribution < -0.4 is 9.47 Å². The molecule has 1 aliphatic heterocycles. The van der Waals surface area contributed by atoms with Crippen LogP contribution in [-0.4, -0.2) is 31.0 Å². The number of benzene rings is 2. The highest BCUT2D eigenvalue weighted by Gasteiger charge is 2.33. The first-order chi connectivity index (χ1) is 11.6. The summed E-state index contributed by atoms with van der Waals surface area (Å²) in [5, 5.41) is 5.64. The Hall–Kier alpha value is -3.02. The summed E-state index contributed by atoms with van der Waals surface area (Å²) in [6.07, 6.45) is -0.641. The van der Waals surface area contributed by atoms with Crippen molar-refractivity contribution in [3.05, 3.63) is 59.7 Å². The monoisotopic (exact) mass is 326 g/mol. The Morgan fingerprint density at radius 1 is 1.08 bits per heavy atom. The molecule has 0 saturated carbocycles. The van der Waals surface area contributed by atoms with E-state index in [2.05, 4.69) is 5.10 Å². The van der Waals surface area contributed by atoms with Crippen LogP contribution in [0.15, 0.2) is 53.6 Å². The van der Waals surface area contributed by atoms with Crippen LogP contribution in [0.25, 0.3) is 0 Å². The van der Waals surface area contributed by atoms with Gasteiger partial charge in [0, 0.05) is 18.1 Å². The Kier molecular flexibility index (Phi) is 4.37. The molecule has 24 heavy (non-hydrogen) atoms. The van der Waals surface area contributed by atoms with Gasteiger partial charge in [-0.05, 0) is 30.3 Å². The third-order valence-corrected chi connectivity index (χ3v) is 3.68. The Balaban J connectivity index is 1.95. The SMILES string of the molecule is COc1ccc([C@@H]2OC(c3ccccc3)=NN2C(C)=O)cc1OC. The van der Waals surface area contributed by atoms with E-state index in [0.29, 0.717) is 17.4 Å². The maximum atomic E-state index is 12.0.